The number of thiazole rings is 1. The lowest BCUT2D eigenvalue weighted by Gasteiger charge is -2.09. The van der Waals surface area contributed by atoms with Crippen LogP contribution in [0.15, 0.2) is 67.1 Å². The first kappa shape index (κ1) is 24.9. The number of rotatable bonds is 8. The fourth-order valence-corrected chi connectivity index (χ4v) is 4.47. The van der Waals surface area contributed by atoms with Gasteiger partial charge in [0.15, 0.2) is 16.7 Å². The van der Waals surface area contributed by atoms with Crippen LogP contribution in [0.2, 0.25) is 0 Å². The van der Waals surface area contributed by atoms with Gasteiger partial charge in [-0.3, -0.25) is 9.59 Å². The summed E-state index contributed by atoms with van der Waals surface area (Å²) >= 11 is 1.24. The van der Waals surface area contributed by atoms with Gasteiger partial charge >= 0.3 is 6.55 Å². The molecule has 0 radical (unpaired) electrons. The predicted octanol–water partition coefficient (Wildman–Crippen LogP) is 5.16. The van der Waals surface area contributed by atoms with Gasteiger partial charge < -0.3 is 15.8 Å². The number of carbonyl (C=O) groups excluding carboxylic acids is 2. The third-order valence-electron chi connectivity index (χ3n) is 5.37. The number of pyridine rings is 1. The Labute approximate surface area is 216 Å². The number of halogens is 3. The van der Waals surface area contributed by atoms with Crippen LogP contribution in [0.1, 0.15) is 22.5 Å². The van der Waals surface area contributed by atoms with Gasteiger partial charge in [-0.25, -0.2) is 19.0 Å². The first-order valence-electron chi connectivity index (χ1n) is 11.0. The Morgan fingerprint density at radius 2 is 1.97 bits per heavy atom. The van der Waals surface area contributed by atoms with Gasteiger partial charge in [0, 0.05) is 18.0 Å². The Balaban J connectivity index is 1.26. The molecule has 5 rings (SSSR count). The first-order valence-corrected chi connectivity index (χ1v) is 11.8. The van der Waals surface area contributed by atoms with Gasteiger partial charge in [0.2, 0.25) is 11.8 Å². The van der Waals surface area contributed by atoms with Gasteiger partial charge in [-0.15, -0.1) is 0 Å². The number of anilines is 1. The van der Waals surface area contributed by atoms with E-state index in [0.717, 1.165) is 10.8 Å². The highest BCUT2D eigenvalue weighted by Crippen LogP contribution is 2.31. The Kier molecular flexibility index (Phi) is 6.75. The molecule has 2 aromatic carbocycles. The van der Waals surface area contributed by atoms with Gasteiger partial charge in [-0.1, -0.05) is 23.5 Å². The summed E-state index contributed by atoms with van der Waals surface area (Å²) in [6.45, 7) is -2.73. The summed E-state index contributed by atoms with van der Waals surface area (Å²) in [7, 11) is 0. The van der Waals surface area contributed by atoms with Crippen LogP contribution in [0, 0.1) is 5.82 Å². The second-order valence-corrected chi connectivity index (χ2v) is 9.03. The van der Waals surface area contributed by atoms with E-state index < -0.39 is 24.2 Å². The van der Waals surface area contributed by atoms with Crippen LogP contribution in [0.5, 0.6) is 11.6 Å². The van der Waals surface area contributed by atoms with Crippen molar-refractivity contribution in [3.05, 3.63) is 84.1 Å². The van der Waals surface area contributed by atoms with E-state index in [1.807, 2.05) is 0 Å². The summed E-state index contributed by atoms with van der Waals surface area (Å²) < 4.78 is 47.0. The third kappa shape index (κ3) is 5.32. The highest BCUT2D eigenvalue weighted by Gasteiger charge is 2.16. The molecular weight excluding hydrogens is 521 g/mol. The highest BCUT2D eigenvalue weighted by molar-refractivity contribution is 7.22. The number of nitrogens with zero attached hydrogens (tertiary/aromatic N) is 4. The number of amides is 2. The van der Waals surface area contributed by atoms with Gasteiger partial charge in [0.05, 0.1) is 22.8 Å². The normalized spacial score (nSPS) is 11.2. The minimum atomic E-state index is -2.73. The molecule has 3 aromatic heterocycles. The maximum atomic E-state index is 14.7. The molecule has 0 bridgehead atoms. The quantitative estimate of drug-likeness (QED) is 0.281. The minimum absolute atomic E-state index is 0.00143. The Bertz CT molecular complexity index is 1670. The number of carbonyl (C=O) groups is 2. The van der Waals surface area contributed by atoms with E-state index in [4.69, 9.17) is 10.5 Å². The third-order valence-corrected chi connectivity index (χ3v) is 6.32. The molecule has 3 heterocycles. The zero-order valence-electron chi connectivity index (χ0n) is 19.3. The molecule has 0 spiro atoms. The molecule has 3 N–H and O–H groups in total. The van der Waals surface area contributed by atoms with Crippen molar-refractivity contribution >= 4 is 38.5 Å². The van der Waals surface area contributed by atoms with Crippen molar-refractivity contribution in [2.24, 2.45) is 5.73 Å². The number of nitrogens with one attached hydrogen (secondary N) is 1. The van der Waals surface area contributed by atoms with Gasteiger partial charge in [-0.2, -0.15) is 13.9 Å². The lowest BCUT2D eigenvalue weighted by molar-refractivity contribution is -0.115. The topological polar surface area (TPSA) is 125 Å². The lowest BCUT2D eigenvalue weighted by Crippen LogP contribution is -2.14. The predicted molar refractivity (Wildman–Crippen MR) is 134 cm³/mol. The fraction of sp³-hybridized carbons (Fsp3) is 0.0800. The number of hydrogen-bond donors (Lipinski definition) is 2. The molecule has 9 nitrogen and oxygen atoms in total. The zero-order chi connectivity index (χ0) is 26.8. The molecule has 13 heteroatoms. The molecule has 0 aliphatic carbocycles. The molecule has 2 amide bonds. The number of nitrogens with two attached hydrogens (primary N) is 1. The molecule has 0 unspecified atom stereocenters. The van der Waals surface area contributed by atoms with E-state index in [9.17, 15) is 22.8 Å². The standard InChI is InChI=1S/C25H17F3N6O3S/c26-17-8-13(3-5-19(17)37-23-16(22(29)36)2-1-7-30-23)9-21(35)33-25-32-18-10-14(4-6-20(18)38-25)15-11-31-34(12-15)24(27)28/h1-8,10-12,24H,9H2,(H2,29,36)(H,32,33,35). The molecule has 38 heavy (non-hydrogen) atoms. The number of alkyl halides is 2. The maximum Gasteiger partial charge on any atom is 0.333 e. The number of primary amides is 1. The molecule has 192 valence electrons. The number of aromatic nitrogens is 4. The first-order chi connectivity index (χ1) is 18.3. The van der Waals surface area contributed by atoms with Gasteiger partial charge in [-0.05, 0) is 47.5 Å². The number of hydrogen-bond acceptors (Lipinski definition) is 7. The molecule has 5 aromatic rings. The van der Waals surface area contributed by atoms with Crippen LogP contribution in [0.25, 0.3) is 21.3 Å². The van der Waals surface area contributed by atoms with Crippen molar-refractivity contribution in [3.8, 4) is 22.8 Å². The Morgan fingerprint density at radius 3 is 2.71 bits per heavy atom. The largest absolute Gasteiger partial charge is 0.435 e. The maximum absolute atomic E-state index is 14.7. The van der Waals surface area contributed by atoms with Gasteiger partial charge in [0.1, 0.15) is 5.56 Å². The highest BCUT2D eigenvalue weighted by atomic mass is 32.1. The van der Waals surface area contributed by atoms with Crippen molar-refractivity contribution < 1.29 is 27.5 Å². The number of benzene rings is 2. The summed E-state index contributed by atoms with van der Waals surface area (Å²) in [4.78, 5) is 32.4. The minimum Gasteiger partial charge on any atom is -0.435 e. The van der Waals surface area contributed by atoms with Crippen molar-refractivity contribution in [1.29, 1.82) is 0 Å². The fourth-order valence-electron chi connectivity index (χ4n) is 3.60. The van der Waals surface area contributed by atoms with E-state index in [2.05, 4.69) is 20.4 Å². The van der Waals surface area contributed by atoms with E-state index >= 15 is 0 Å². The summed E-state index contributed by atoms with van der Waals surface area (Å²) in [5.74, 6) is -2.26. The van der Waals surface area contributed by atoms with E-state index in [1.54, 1.807) is 18.2 Å². The summed E-state index contributed by atoms with van der Waals surface area (Å²) in [5, 5.41) is 6.66. The molecule has 0 aliphatic rings. The van der Waals surface area contributed by atoms with Crippen LogP contribution in [0.4, 0.5) is 18.3 Å². The molecular formula is C25H17F3N6O3S. The van der Waals surface area contributed by atoms with E-state index in [0.29, 0.717) is 32.0 Å². The van der Waals surface area contributed by atoms with Crippen LogP contribution in [-0.2, 0) is 11.2 Å². The van der Waals surface area contributed by atoms with Crippen LogP contribution in [-0.4, -0.2) is 31.6 Å². The monoisotopic (exact) mass is 538 g/mol. The Hall–Kier alpha value is -4.78. The van der Waals surface area contributed by atoms with Gasteiger partial charge in [0.25, 0.3) is 5.91 Å². The smallest absolute Gasteiger partial charge is 0.333 e. The molecule has 0 fully saturated rings. The summed E-state index contributed by atoms with van der Waals surface area (Å²) in [5.41, 5.74) is 7.40. The molecule has 0 saturated carbocycles. The van der Waals surface area contributed by atoms with E-state index in [1.165, 1.54) is 54.2 Å². The number of fused-ring (bicyclic) bond motifs is 1. The zero-order valence-corrected chi connectivity index (χ0v) is 20.1. The lowest BCUT2D eigenvalue weighted by atomic mass is 10.1. The van der Waals surface area contributed by atoms with Crippen LogP contribution in [0.3, 0.4) is 0 Å². The molecule has 0 atom stereocenters. The summed E-state index contributed by atoms with van der Waals surface area (Å²) in [6, 6.07) is 12.1. The van der Waals surface area contributed by atoms with E-state index in [-0.39, 0.29) is 23.6 Å². The average molecular weight is 539 g/mol. The van der Waals surface area contributed by atoms with Crippen molar-refractivity contribution in [3.63, 3.8) is 0 Å². The van der Waals surface area contributed by atoms with Crippen LogP contribution >= 0.6 is 11.3 Å². The van der Waals surface area contributed by atoms with Crippen LogP contribution < -0.4 is 15.8 Å². The second kappa shape index (κ2) is 10.3. The molecule has 0 aliphatic heterocycles. The van der Waals surface area contributed by atoms with Crippen molar-refractivity contribution in [1.82, 2.24) is 19.7 Å². The number of ether oxygens (including phenoxy) is 1. The van der Waals surface area contributed by atoms with Crippen molar-refractivity contribution in [2.75, 3.05) is 5.32 Å². The second-order valence-electron chi connectivity index (χ2n) is 8.00. The van der Waals surface area contributed by atoms with Crippen molar-refractivity contribution in [2.45, 2.75) is 13.0 Å². The SMILES string of the molecule is NC(=O)c1cccnc1Oc1ccc(CC(=O)Nc2nc3cc(-c4cnn(C(F)F)c4)ccc3s2)cc1F. The average Bonchev–Trinajstić information content (AvgIpc) is 3.52. The molecule has 0 saturated heterocycles. The Morgan fingerprint density at radius 1 is 1.13 bits per heavy atom. The summed E-state index contributed by atoms with van der Waals surface area (Å²) in [6.07, 6.45) is 3.82.